The van der Waals surface area contributed by atoms with Crippen molar-refractivity contribution in [3.05, 3.63) is 82.2 Å². The molecule has 0 radical (unpaired) electrons. The van der Waals surface area contributed by atoms with Gasteiger partial charge in [0, 0.05) is 23.0 Å². The van der Waals surface area contributed by atoms with Crippen LogP contribution in [0.15, 0.2) is 48.7 Å². The second-order valence-corrected chi connectivity index (χ2v) is 7.38. The number of anilines is 1. The molecule has 1 atom stereocenters. The smallest absolute Gasteiger partial charge is 0.119 e. The molecule has 3 aromatic rings. The van der Waals surface area contributed by atoms with Crippen molar-refractivity contribution in [1.82, 2.24) is 4.98 Å². The molecule has 1 aromatic heterocycles. The molecule has 2 heterocycles. The zero-order valence-electron chi connectivity index (χ0n) is 15.6. The Balaban J connectivity index is 1.64. The van der Waals surface area contributed by atoms with E-state index in [1.54, 1.807) is 0 Å². The number of nitrogens with zero attached hydrogens (tertiary/aromatic N) is 1. The van der Waals surface area contributed by atoms with Gasteiger partial charge in [-0.3, -0.25) is 4.98 Å². The molecule has 1 unspecified atom stereocenters. The van der Waals surface area contributed by atoms with Crippen molar-refractivity contribution in [1.29, 1.82) is 0 Å². The fraction of sp³-hybridized carbons (Fsp3) is 0.261. The minimum absolute atomic E-state index is 0.257. The average molecular weight is 343 g/mol. The number of aromatic nitrogens is 1. The van der Waals surface area contributed by atoms with Crippen molar-refractivity contribution in [2.75, 3.05) is 5.32 Å². The first-order valence-corrected chi connectivity index (χ1v) is 9.19. The van der Waals surface area contributed by atoms with Gasteiger partial charge in [0.1, 0.15) is 6.17 Å². The van der Waals surface area contributed by atoms with Gasteiger partial charge in [-0.2, -0.15) is 0 Å². The molecule has 4 rings (SSSR count). The van der Waals surface area contributed by atoms with Gasteiger partial charge in [0.25, 0.3) is 0 Å². The predicted octanol–water partition coefficient (Wildman–Crippen LogP) is 4.84. The van der Waals surface area contributed by atoms with Crippen LogP contribution in [0.3, 0.4) is 0 Å². The highest BCUT2D eigenvalue weighted by Crippen LogP contribution is 2.38. The van der Waals surface area contributed by atoms with Crippen molar-refractivity contribution in [2.24, 2.45) is 5.73 Å². The Labute approximate surface area is 155 Å². The summed E-state index contributed by atoms with van der Waals surface area (Å²) in [5, 5.41) is 3.36. The molecule has 2 aromatic carbocycles. The summed E-state index contributed by atoms with van der Waals surface area (Å²) < 4.78 is 0. The molecule has 1 aliphatic heterocycles. The zero-order chi connectivity index (χ0) is 18.3. The number of aryl methyl sites for hydroxylation is 5. The van der Waals surface area contributed by atoms with Gasteiger partial charge in [0.2, 0.25) is 0 Å². The van der Waals surface area contributed by atoms with Gasteiger partial charge in [-0.25, -0.2) is 0 Å². The number of benzene rings is 2. The first-order valence-electron chi connectivity index (χ1n) is 9.19. The van der Waals surface area contributed by atoms with E-state index >= 15 is 0 Å². The third-order valence-electron chi connectivity index (χ3n) is 5.23. The average Bonchev–Trinajstić information content (AvgIpc) is 2.60. The molecule has 132 valence electrons. The Kier molecular flexibility index (Phi) is 4.25. The Hall–Kier alpha value is -2.65. The highest BCUT2D eigenvalue weighted by molar-refractivity contribution is 5.83. The van der Waals surface area contributed by atoms with Crippen molar-refractivity contribution in [2.45, 2.75) is 39.8 Å². The standard InChI is InChI=1S/C23H25N3/c1-14-4-7-18(16(3)10-14)8-6-17-12-20-19-9-5-15(2)11-21(19)26-23(24)22(20)25-13-17/h4-5,7,9-13,23,26H,6,8,24H2,1-3H3. The van der Waals surface area contributed by atoms with E-state index < -0.39 is 0 Å². The summed E-state index contributed by atoms with van der Waals surface area (Å²) >= 11 is 0. The van der Waals surface area contributed by atoms with Crippen LogP contribution in [-0.4, -0.2) is 4.98 Å². The molecule has 0 bridgehead atoms. The number of pyridine rings is 1. The van der Waals surface area contributed by atoms with Crippen LogP contribution >= 0.6 is 0 Å². The van der Waals surface area contributed by atoms with Crippen molar-refractivity contribution < 1.29 is 0 Å². The predicted molar refractivity (Wildman–Crippen MR) is 108 cm³/mol. The maximum atomic E-state index is 6.29. The monoisotopic (exact) mass is 343 g/mol. The first-order chi connectivity index (χ1) is 12.5. The lowest BCUT2D eigenvalue weighted by Crippen LogP contribution is -2.25. The van der Waals surface area contributed by atoms with Gasteiger partial charge in [-0.05, 0) is 68.0 Å². The van der Waals surface area contributed by atoms with Gasteiger partial charge in [0.15, 0.2) is 0 Å². The van der Waals surface area contributed by atoms with Crippen molar-refractivity contribution in [3.8, 4) is 11.1 Å². The van der Waals surface area contributed by atoms with Crippen molar-refractivity contribution >= 4 is 5.69 Å². The highest BCUT2D eigenvalue weighted by atomic mass is 15.1. The van der Waals surface area contributed by atoms with Crippen LogP contribution in [0, 0.1) is 20.8 Å². The third kappa shape index (κ3) is 3.11. The Morgan fingerprint density at radius 2 is 1.69 bits per heavy atom. The topological polar surface area (TPSA) is 50.9 Å². The molecule has 3 heteroatoms. The lowest BCUT2D eigenvalue weighted by molar-refractivity contribution is 0.786. The molecular formula is C23H25N3. The highest BCUT2D eigenvalue weighted by Gasteiger charge is 2.23. The minimum Gasteiger partial charge on any atom is -0.364 e. The molecule has 3 nitrogen and oxygen atoms in total. The van der Waals surface area contributed by atoms with Gasteiger partial charge in [0.05, 0.1) is 5.69 Å². The third-order valence-corrected chi connectivity index (χ3v) is 5.23. The van der Waals surface area contributed by atoms with Crippen LogP contribution in [0.1, 0.15) is 39.7 Å². The molecule has 1 aliphatic rings. The number of nitrogens with two attached hydrogens (primary N) is 1. The van der Waals surface area contributed by atoms with Crippen LogP contribution in [0.4, 0.5) is 5.69 Å². The maximum absolute atomic E-state index is 6.29. The molecule has 0 saturated heterocycles. The summed E-state index contributed by atoms with van der Waals surface area (Å²) in [5.41, 5.74) is 17.2. The second kappa shape index (κ2) is 6.58. The molecular weight excluding hydrogens is 318 g/mol. The Bertz CT molecular complexity index is 975. The maximum Gasteiger partial charge on any atom is 0.119 e. The van der Waals surface area contributed by atoms with Crippen LogP contribution in [0.5, 0.6) is 0 Å². The van der Waals surface area contributed by atoms with E-state index in [0.29, 0.717) is 0 Å². The number of hydrogen-bond donors (Lipinski definition) is 2. The fourth-order valence-corrected chi connectivity index (χ4v) is 3.77. The summed E-state index contributed by atoms with van der Waals surface area (Å²) in [6.45, 7) is 6.43. The Morgan fingerprint density at radius 1 is 0.923 bits per heavy atom. The van der Waals surface area contributed by atoms with E-state index in [1.165, 1.54) is 33.4 Å². The first kappa shape index (κ1) is 16.8. The summed E-state index contributed by atoms with van der Waals surface area (Å²) in [4.78, 5) is 4.68. The van der Waals surface area contributed by atoms with E-state index in [0.717, 1.165) is 29.8 Å². The quantitative estimate of drug-likeness (QED) is 0.715. The van der Waals surface area contributed by atoms with Crippen LogP contribution < -0.4 is 11.1 Å². The number of hydrogen-bond acceptors (Lipinski definition) is 3. The lowest BCUT2D eigenvalue weighted by atomic mass is 9.93. The van der Waals surface area contributed by atoms with Crippen LogP contribution in [0.2, 0.25) is 0 Å². The molecule has 26 heavy (non-hydrogen) atoms. The van der Waals surface area contributed by atoms with E-state index in [4.69, 9.17) is 5.73 Å². The van der Waals surface area contributed by atoms with Gasteiger partial charge in [-0.15, -0.1) is 0 Å². The molecule has 0 amide bonds. The largest absolute Gasteiger partial charge is 0.364 e. The SMILES string of the molecule is Cc1ccc(CCc2cnc3c(c2)-c2ccc(C)cc2NC3N)c(C)c1. The normalized spacial score (nSPS) is 15.2. The van der Waals surface area contributed by atoms with E-state index in [-0.39, 0.29) is 6.17 Å². The van der Waals surface area contributed by atoms with Crippen LogP contribution in [0.25, 0.3) is 11.1 Å². The molecule has 0 spiro atoms. The second-order valence-electron chi connectivity index (χ2n) is 7.38. The molecule has 0 fully saturated rings. The lowest BCUT2D eigenvalue weighted by Gasteiger charge is -2.27. The number of rotatable bonds is 3. The van der Waals surface area contributed by atoms with Crippen molar-refractivity contribution in [3.63, 3.8) is 0 Å². The molecule has 3 N–H and O–H groups in total. The molecule has 0 aliphatic carbocycles. The van der Waals surface area contributed by atoms with Gasteiger partial charge < -0.3 is 11.1 Å². The number of nitrogens with one attached hydrogen (secondary N) is 1. The minimum atomic E-state index is -0.257. The number of fused-ring (bicyclic) bond motifs is 3. The van der Waals surface area contributed by atoms with E-state index in [1.807, 2.05) is 6.20 Å². The van der Waals surface area contributed by atoms with Gasteiger partial charge >= 0.3 is 0 Å². The van der Waals surface area contributed by atoms with Crippen LogP contribution in [-0.2, 0) is 12.8 Å². The van der Waals surface area contributed by atoms with Gasteiger partial charge in [-0.1, -0.05) is 35.9 Å². The summed E-state index contributed by atoms with van der Waals surface area (Å²) in [7, 11) is 0. The zero-order valence-corrected chi connectivity index (χ0v) is 15.6. The summed E-state index contributed by atoms with van der Waals surface area (Å²) in [6, 6.07) is 15.4. The summed E-state index contributed by atoms with van der Waals surface area (Å²) in [5.74, 6) is 0. The van der Waals surface area contributed by atoms with E-state index in [9.17, 15) is 0 Å². The Morgan fingerprint density at radius 3 is 2.50 bits per heavy atom. The fourth-order valence-electron chi connectivity index (χ4n) is 3.77. The molecule has 0 saturated carbocycles. The van der Waals surface area contributed by atoms with E-state index in [2.05, 4.69) is 73.5 Å². The summed E-state index contributed by atoms with van der Waals surface area (Å²) in [6.07, 6.45) is 3.72.